The molecule has 16 heavy (non-hydrogen) atoms. The molecular weight excluding hydrogens is 192 g/mol. The molecule has 0 radical (unpaired) electrons. The topological polar surface area (TPSA) is 0 Å². The largest absolute Gasteiger partial charge is 0.0622 e. The van der Waals surface area contributed by atoms with Gasteiger partial charge in [0.25, 0.3) is 0 Å². The SMILES string of the molecule is Cc1cccc2c1C=C(c1ccccc1)C2. The number of aryl methyl sites for hydroxylation is 1. The highest BCUT2D eigenvalue weighted by molar-refractivity contribution is 5.89. The molecule has 0 N–H and O–H groups in total. The van der Waals surface area contributed by atoms with Crippen molar-refractivity contribution in [3.05, 3.63) is 70.8 Å². The molecule has 1 aliphatic carbocycles. The standard InChI is InChI=1S/C16H14/c1-12-6-5-9-14-10-15(11-16(12)14)13-7-3-2-4-8-13/h2-9,11H,10H2,1H3. The average molecular weight is 206 g/mol. The number of fused-ring (bicyclic) bond motifs is 1. The second-order valence-corrected chi connectivity index (χ2v) is 4.36. The minimum Gasteiger partial charge on any atom is -0.0622 e. The summed E-state index contributed by atoms with van der Waals surface area (Å²) >= 11 is 0. The molecule has 0 amide bonds. The third-order valence-corrected chi connectivity index (χ3v) is 3.26. The van der Waals surface area contributed by atoms with Gasteiger partial charge in [0.1, 0.15) is 0 Å². The average Bonchev–Trinajstić information content (AvgIpc) is 2.76. The van der Waals surface area contributed by atoms with Crippen LogP contribution >= 0.6 is 0 Å². The van der Waals surface area contributed by atoms with Crippen LogP contribution in [0.25, 0.3) is 11.6 Å². The van der Waals surface area contributed by atoms with Gasteiger partial charge in [0.05, 0.1) is 0 Å². The minimum atomic E-state index is 1.07. The van der Waals surface area contributed by atoms with E-state index in [4.69, 9.17) is 0 Å². The molecule has 0 spiro atoms. The summed E-state index contributed by atoms with van der Waals surface area (Å²) < 4.78 is 0. The highest BCUT2D eigenvalue weighted by Gasteiger charge is 2.14. The van der Waals surface area contributed by atoms with E-state index in [1.54, 1.807) is 0 Å². The fourth-order valence-electron chi connectivity index (χ4n) is 2.37. The van der Waals surface area contributed by atoms with Gasteiger partial charge in [-0.2, -0.15) is 0 Å². The summed E-state index contributed by atoms with van der Waals surface area (Å²) in [5.74, 6) is 0. The van der Waals surface area contributed by atoms with Crippen LogP contribution in [0, 0.1) is 6.92 Å². The Morgan fingerprint density at radius 1 is 0.875 bits per heavy atom. The Balaban J connectivity index is 2.06. The molecule has 0 unspecified atom stereocenters. The third kappa shape index (κ3) is 1.47. The van der Waals surface area contributed by atoms with Crippen molar-refractivity contribution < 1.29 is 0 Å². The molecule has 0 aromatic heterocycles. The van der Waals surface area contributed by atoms with E-state index in [1.165, 1.54) is 27.8 Å². The maximum Gasteiger partial charge on any atom is -0.00136 e. The number of rotatable bonds is 1. The first-order chi connectivity index (χ1) is 7.84. The van der Waals surface area contributed by atoms with Gasteiger partial charge in [0.2, 0.25) is 0 Å². The van der Waals surface area contributed by atoms with Crippen molar-refractivity contribution in [1.82, 2.24) is 0 Å². The van der Waals surface area contributed by atoms with Crippen LogP contribution in [-0.2, 0) is 6.42 Å². The zero-order valence-corrected chi connectivity index (χ0v) is 9.40. The van der Waals surface area contributed by atoms with Crippen molar-refractivity contribution in [3.63, 3.8) is 0 Å². The van der Waals surface area contributed by atoms with Crippen LogP contribution in [0.5, 0.6) is 0 Å². The summed E-state index contributed by atoms with van der Waals surface area (Å²) in [6.07, 6.45) is 3.40. The Kier molecular flexibility index (Phi) is 2.14. The van der Waals surface area contributed by atoms with Gasteiger partial charge in [-0.05, 0) is 41.2 Å². The van der Waals surface area contributed by atoms with Crippen LogP contribution in [0.15, 0.2) is 48.5 Å². The summed E-state index contributed by atoms with van der Waals surface area (Å²) in [6.45, 7) is 2.18. The van der Waals surface area contributed by atoms with E-state index in [1.807, 2.05) is 0 Å². The van der Waals surface area contributed by atoms with Crippen LogP contribution in [0.3, 0.4) is 0 Å². The lowest BCUT2D eigenvalue weighted by atomic mass is 10.0. The van der Waals surface area contributed by atoms with Crippen LogP contribution < -0.4 is 0 Å². The Bertz CT molecular complexity index is 548. The quantitative estimate of drug-likeness (QED) is 0.659. The number of benzene rings is 2. The minimum absolute atomic E-state index is 1.07. The number of allylic oxidation sites excluding steroid dienone is 1. The Morgan fingerprint density at radius 3 is 2.44 bits per heavy atom. The maximum atomic E-state index is 2.33. The lowest BCUT2D eigenvalue weighted by molar-refractivity contribution is 1.29. The van der Waals surface area contributed by atoms with Crippen LogP contribution in [-0.4, -0.2) is 0 Å². The van der Waals surface area contributed by atoms with Gasteiger partial charge in [-0.3, -0.25) is 0 Å². The van der Waals surface area contributed by atoms with Gasteiger partial charge in [-0.1, -0.05) is 54.6 Å². The molecule has 0 aliphatic heterocycles. The zero-order chi connectivity index (χ0) is 11.0. The summed E-state index contributed by atoms with van der Waals surface area (Å²) in [4.78, 5) is 0. The van der Waals surface area contributed by atoms with E-state index < -0.39 is 0 Å². The monoisotopic (exact) mass is 206 g/mol. The van der Waals surface area contributed by atoms with E-state index in [0.29, 0.717) is 0 Å². The molecule has 0 atom stereocenters. The first kappa shape index (κ1) is 9.41. The molecule has 2 aromatic carbocycles. The second-order valence-electron chi connectivity index (χ2n) is 4.36. The van der Waals surface area contributed by atoms with Crippen molar-refractivity contribution >= 4 is 11.6 Å². The van der Waals surface area contributed by atoms with Gasteiger partial charge in [0, 0.05) is 0 Å². The molecule has 0 heteroatoms. The lowest BCUT2D eigenvalue weighted by Crippen LogP contribution is -1.86. The first-order valence-electron chi connectivity index (χ1n) is 5.69. The van der Waals surface area contributed by atoms with Crippen LogP contribution in [0.2, 0.25) is 0 Å². The lowest BCUT2D eigenvalue weighted by Gasteiger charge is -2.01. The molecule has 0 saturated carbocycles. The van der Waals surface area contributed by atoms with E-state index in [2.05, 4.69) is 61.5 Å². The normalized spacial score (nSPS) is 13.4. The summed E-state index contributed by atoms with van der Waals surface area (Å²) in [5, 5.41) is 0. The molecule has 0 nitrogen and oxygen atoms in total. The predicted octanol–water partition coefficient (Wildman–Crippen LogP) is 4.09. The zero-order valence-electron chi connectivity index (χ0n) is 9.40. The molecular formula is C16H14. The Hall–Kier alpha value is -1.82. The Labute approximate surface area is 96.3 Å². The van der Waals surface area contributed by atoms with Crippen LogP contribution in [0.1, 0.15) is 22.3 Å². The highest BCUT2D eigenvalue weighted by atomic mass is 14.2. The number of hydrogen-bond donors (Lipinski definition) is 0. The summed E-state index contributed by atoms with van der Waals surface area (Å²) in [7, 11) is 0. The van der Waals surface area contributed by atoms with Crippen molar-refractivity contribution in [1.29, 1.82) is 0 Å². The summed E-state index contributed by atoms with van der Waals surface area (Å²) in [5.41, 5.74) is 7.03. The summed E-state index contributed by atoms with van der Waals surface area (Å²) in [6, 6.07) is 17.2. The van der Waals surface area contributed by atoms with E-state index >= 15 is 0 Å². The highest BCUT2D eigenvalue weighted by Crippen LogP contribution is 2.32. The van der Waals surface area contributed by atoms with Crippen LogP contribution in [0.4, 0.5) is 0 Å². The van der Waals surface area contributed by atoms with Gasteiger partial charge in [-0.15, -0.1) is 0 Å². The molecule has 0 bridgehead atoms. The van der Waals surface area contributed by atoms with E-state index in [0.717, 1.165) is 6.42 Å². The van der Waals surface area contributed by atoms with Crippen molar-refractivity contribution in [2.45, 2.75) is 13.3 Å². The smallest absolute Gasteiger partial charge is 0.00136 e. The van der Waals surface area contributed by atoms with E-state index in [9.17, 15) is 0 Å². The molecule has 78 valence electrons. The second kappa shape index (κ2) is 3.64. The third-order valence-electron chi connectivity index (χ3n) is 3.26. The molecule has 1 aliphatic rings. The molecule has 3 rings (SSSR count). The van der Waals surface area contributed by atoms with Crippen molar-refractivity contribution in [2.75, 3.05) is 0 Å². The molecule has 2 aromatic rings. The molecule has 0 fully saturated rings. The van der Waals surface area contributed by atoms with Crippen molar-refractivity contribution in [3.8, 4) is 0 Å². The Morgan fingerprint density at radius 2 is 1.69 bits per heavy atom. The van der Waals surface area contributed by atoms with Gasteiger partial charge in [0.15, 0.2) is 0 Å². The molecule has 0 saturated heterocycles. The predicted molar refractivity (Wildman–Crippen MR) is 69.2 cm³/mol. The maximum absolute atomic E-state index is 2.33. The van der Waals surface area contributed by atoms with E-state index in [-0.39, 0.29) is 0 Å². The van der Waals surface area contributed by atoms with Gasteiger partial charge in [-0.25, -0.2) is 0 Å². The van der Waals surface area contributed by atoms with Crippen molar-refractivity contribution in [2.24, 2.45) is 0 Å². The fourth-order valence-corrected chi connectivity index (χ4v) is 2.37. The van der Waals surface area contributed by atoms with Gasteiger partial charge < -0.3 is 0 Å². The first-order valence-corrected chi connectivity index (χ1v) is 5.69. The fraction of sp³-hybridized carbons (Fsp3) is 0.125. The number of hydrogen-bond acceptors (Lipinski definition) is 0. The van der Waals surface area contributed by atoms with Gasteiger partial charge >= 0.3 is 0 Å². The molecule has 0 heterocycles.